The second-order valence-corrected chi connectivity index (χ2v) is 17.9. The van der Waals surface area contributed by atoms with Crippen LogP contribution in [-0.4, -0.2) is 106 Å². The third-order valence-corrected chi connectivity index (χ3v) is 13.3. The molecule has 0 radical (unpaired) electrons. The molecule has 2 aliphatic carbocycles. The zero-order valence-corrected chi connectivity index (χ0v) is 33.1. The number of allylic oxidation sites excluding steroid dienone is 1. The number of amides is 4. The minimum Gasteiger partial charge on any atom is -0.491 e. The van der Waals surface area contributed by atoms with Gasteiger partial charge in [-0.1, -0.05) is 51.1 Å². The Morgan fingerprint density at radius 2 is 1.84 bits per heavy atom. The normalized spacial score (nSPS) is 29.5. The van der Waals surface area contributed by atoms with Gasteiger partial charge in [-0.25, -0.2) is 18.2 Å². The fourth-order valence-electron chi connectivity index (χ4n) is 8.07. The number of carbonyl (C=O) groups is 4. The quantitative estimate of drug-likeness (QED) is 0.271. The molecule has 3 heterocycles. The fourth-order valence-corrected chi connectivity index (χ4v) is 9.44. The molecule has 4 amide bonds. The van der Waals surface area contributed by atoms with Gasteiger partial charge in [0.2, 0.25) is 27.7 Å². The van der Waals surface area contributed by atoms with E-state index < -0.39 is 86.9 Å². The third-order valence-electron chi connectivity index (χ3n) is 11.4. The molecule has 0 bridgehead atoms. The number of fused-ring (bicyclic) bond motifs is 3. The van der Waals surface area contributed by atoms with Gasteiger partial charge in [0.25, 0.3) is 5.91 Å². The van der Waals surface area contributed by atoms with E-state index in [0.717, 1.165) is 11.3 Å². The van der Waals surface area contributed by atoms with E-state index in [1.807, 2.05) is 26.0 Å². The highest BCUT2D eigenvalue weighted by molar-refractivity contribution is 7.91. The van der Waals surface area contributed by atoms with Gasteiger partial charge in [-0.05, 0) is 69.8 Å². The Kier molecular flexibility index (Phi) is 12.0. The average molecular weight is 822 g/mol. The van der Waals surface area contributed by atoms with E-state index in [-0.39, 0.29) is 42.5 Å². The summed E-state index contributed by atoms with van der Waals surface area (Å²) in [5.41, 5.74) is -1.69. The predicted molar refractivity (Wildman–Crippen MR) is 202 cm³/mol. The van der Waals surface area contributed by atoms with Crippen LogP contribution in [-0.2, 0) is 24.4 Å². The number of nitrogens with one attached hydrogen (secondary N) is 2. The molecule has 1 saturated heterocycles. The summed E-state index contributed by atoms with van der Waals surface area (Å²) >= 11 is 0. The van der Waals surface area contributed by atoms with Crippen molar-refractivity contribution in [2.45, 2.75) is 120 Å². The highest BCUT2D eigenvalue weighted by atomic mass is 32.2. The Balaban J connectivity index is 1.40. The lowest BCUT2D eigenvalue weighted by Crippen LogP contribution is -2.62. The van der Waals surface area contributed by atoms with Gasteiger partial charge in [0.05, 0.1) is 24.6 Å². The van der Waals surface area contributed by atoms with Crippen LogP contribution in [0.1, 0.15) is 79.1 Å². The summed E-state index contributed by atoms with van der Waals surface area (Å²) in [6.07, 6.45) is -0.359. The van der Waals surface area contributed by atoms with E-state index in [0.29, 0.717) is 55.7 Å². The number of carbonyl (C=O) groups excluding carboxylic acids is 3. The lowest BCUT2D eigenvalue weighted by molar-refractivity contribution is -0.184. The Labute approximate surface area is 329 Å². The number of rotatable bonds is 10. The van der Waals surface area contributed by atoms with Crippen LogP contribution in [0.4, 0.5) is 18.0 Å². The maximum Gasteiger partial charge on any atom is 0.408 e. The van der Waals surface area contributed by atoms with Crippen LogP contribution < -0.4 is 19.5 Å². The highest BCUT2D eigenvalue weighted by Gasteiger charge is 2.62. The number of aromatic nitrogens is 1. The number of benzene rings is 1. The summed E-state index contributed by atoms with van der Waals surface area (Å²) in [6, 6.07) is 1.24. The van der Waals surface area contributed by atoms with E-state index in [9.17, 15) is 45.9 Å². The number of ether oxygens (including phenoxy) is 2. The van der Waals surface area contributed by atoms with E-state index >= 15 is 0 Å². The number of carboxylic acid groups (broad SMARTS) is 1. The van der Waals surface area contributed by atoms with Crippen molar-refractivity contribution in [1.29, 1.82) is 0 Å². The smallest absolute Gasteiger partial charge is 0.408 e. The highest BCUT2D eigenvalue weighted by Crippen LogP contribution is 2.46. The molecule has 2 aromatic rings. The van der Waals surface area contributed by atoms with E-state index in [4.69, 9.17) is 9.47 Å². The molecule has 8 atom stereocenters. The van der Waals surface area contributed by atoms with Crippen LogP contribution in [0.15, 0.2) is 42.6 Å². The second-order valence-electron chi connectivity index (χ2n) is 15.9. The van der Waals surface area contributed by atoms with Crippen LogP contribution >= 0.6 is 0 Å². The molecule has 4 aliphatic rings. The largest absolute Gasteiger partial charge is 0.491 e. The predicted octanol–water partition coefficient (Wildman–Crippen LogP) is 5.17. The first-order valence-corrected chi connectivity index (χ1v) is 21.0. The Hall–Kier alpha value is -4.61. The van der Waals surface area contributed by atoms with Crippen LogP contribution in [0.25, 0.3) is 10.8 Å². The monoisotopic (exact) mass is 821 g/mol. The Morgan fingerprint density at radius 3 is 2.49 bits per heavy atom. The number of hydrogen-bond donors (Lipinski definition) is 3. The van der Waals surface area contributed by atoms with Gasteiger partial charge in [0, 0.05) is 23.1 Å². The number of sulfonamides is 1. The molecule has 0 unspecified atom stereocenters. The maximum absolute atomic E-state index is 14.9. The zero-order chi connectivity index (χ0) is 41.4. The van der Waals surface area contributed by atoms with Gasteiger partial charge in [-0.2, -0.15) is 13.2 Å². The molecule has 1 aromatic carbocycles. The number of pyridine rings is 1. The summed E-state index contributed by atoms with van der Waals surface area (Å²) < 4.78 is 83.0. The molecule has 3 fully saturated rings. The first-order valence-electron chi connectivity index (χ1n) is 19.5. The Bertz CT molecular complexity index is 2010. The first kappa shape index (κ1) is 42.0. The van der Waals surface area contributed by atoms with Crippen molar-refractivity contribution < 1.29 is 55.3 Å². The molecule has 2 saturated carbocycles. The lowest BCUT2D eigenvalue weighted by Gasteiger charge is -2.40. The van der Waals surface area contributed by atoms with Gasteiger partial charge < -0.3 is 24.8 Å². The van der Waals surface area contributed by atoms with Gasteiger partial charge in [-0.15, -0.1) is 0 Å². The number of nitrogens with zero attached hydrogens (tertiary/aromatic N) is 3. The summed E-state index contributed by atoms with van der Waals surface area (Å²) in [6.45, 7) is 6.10. The molecule has 0 spiro atoms. The van der Waals surface area contributed by atoms with E-state index in [1.54, 1.807) is 24.3 Å². The number of hydrogen-bond acceptors (Lipinski definition) is 9. The van der Waals surface area contributed by atoms with Crippen molar-refractivity contribution in [3.63, 3.8) is 0 Å². The van der Waals surface area contributed by atoms with E-state index in [1.165, 1.54) is 13.1 Å². The third kappa shape index (κ3) is 8.94. The van der Waals surface area contributed by atoms with Crippen LogP contribution in [0.3, 0.4) is 0 Å². The summed E-state index contributed by atoms with van der Waals surface area (Å²) in [5, 5.41) is 13.5. The van der Waals surface area contributed by atoms with Gasteiger partial charge >= 0.3 is 12.3 Å². The molecule has 18 heteroatoms. The van der Waals surface area contributed by atoms with Crippen molar-refractivity contribution in [1.82, 2.24) is 24.8 Å². The van der Waals surface area contributed by atoms with Gasteiger partial charge in [0.1, 0.15) is 35.5 Å². The van der Waals surface area contributed by atoms with Crippen molar-refractivity contribution >= 4 is 44.6 Å². The maximum atomic E-state index is 14.9. The average Bonchev–Trinajstić information content (AvgIpc) is 4.07. The standard InChI is InChI=1S/C39H50F3N5O9S/c1-5-16-55-31-20-43-34(29-13-9-8-12-28(29)31)56-26-18-30-33(48)44-38(36(50)45-57(53,54)27-14-15-27)19-25(38)11-7-6-10-22(2)17-23(3)32(35(49)46(30)21-26)47(37(51)52)24(4)39(40,41)42/h7-9,11-13,20,22-27,30,32H,5-6,10,14-19,21H2,1-4H3,(H,44,48)(H,45,50)(H,51,52)/b11-7-/t22-,23-,24-,25-,26-,30+,32+,38-/m1/s1. The molecular formula is C39H50F3N5O9S. The second kappa shape index (κ2) is 16.3. The number of halogens is 3. The molecule has 2 aliphatic heterocycles. The minimum atomic E-state index is -5.03. The molecule has 3 N–H and O–H groups in total. The SMILES string of the molecule is CCCOc1cnc(O[C@@H]2C[C@H]3C(=O)N[C@]4(C(=O)NS(=O)(=O)C5CC5)C[C@H]4/C=C\CC[C@@H](C)C[C@@H](C)[C@H](N(C(=O)O)[C@H](C)C(F)(F)F)C(=O)N3C2)c2ccccc12. The van der Waals surface area contributed by atoms with E-state index in [2.05, 4.69) is 15.0 Å². The Morgan fingerprint density at radius 1 is 1.14 bits per heavy atom. The topological polar surface area (TPSA) is 185 Å². The zero-order valence-electron chi connectivity index (χ0n) is 32.3. The van der Waals surface area contributed by atoms with Crippen molar-refractivity contribution in [3.05, 3.63) is 42.6 Å². The van der Waals surface area contributed by atoms with Gasteiger partial charge in [0.15, 0.2) is 0 Å². The van der Waals surface area contributed by atoms with Gasteiger partial charge in [-0.3, -0.25) is 24.0 Å². The van der Waals surface area contributed by atoms with Crippen molar-refractivity contribution in [3.8, 4) is 11.6 Å². The molecule has 57 heavy (non-hydrogen) atoms. The fraction of sp³-hybridized carbons (Fsp3) is 0.615. The molecule has 1 aromatic heterocycles. The summed E-state index contributed by atoms with van der Waals surface area (Å²) in [7, 11) is -4.01. The first-order chi connectivity index (χ1) is 26.9. The molecule has 6 rings (SSSR count). The van der Waals surface area contributed by atoms with Crippen LogP contribution in [0, 0.1) is 17.8 Å². The summed E-state index contributed by atoms with van der Waals surface area (Å²) in [5.74, 6) is -3.87. The van der Waals surface area contributed by atoms with Crippen LogP contribution in [0.5, 0.6) is 11.6 Å². The molecule has 312 valence electrons. The molecule has 14 nitrogen and oxygen atoms in total. The molecular weight excluding hydrogens is 772 g/mol. The minimum absolute atomic E-state index is 0.0648. The number of alkyl halides is 3. The lowest BCUT2D eigenvalue weighted by atomic mass is 9.86. The van der Waals surface area contributed by atoms with Crippen molar-refractivity contribution in [2.24, 2.45) is 17.8 Å². The van der Waals surface area contributed by atoms with Crippen LogP contribution in [0.2, 0.25) is 0 Å². The van der Waals surface area contributed by atoms with Crippen molar-refractivity contribution in [2.75, 3.05) is 13.2 Å². The summed E-state index contributed by atoms with van der Waals surface area (Å²) in [4.78, 5) is 61.4.